The molecule has 2 aromatic heterocycles. The van der Waals surface area contributed by atoms with Crippen LogP contribution in [0, 0.1) is 0 Å². The van der Waals surface area contributed by atoms with Crippen LogP contribution in [0.1, 0.15) is 46.8 Å². The molecule has 4 aromatic rings. The number of aromatic nitrogens is 2. The number of carbonyl (C=O) groups excluding carboxylic acids is 1. The molecule has 0 spiro atoms. The van der Waals surface area contributed by atoms with Crippen LogP contribution in [0.2, 0.25) is 30.7 Å². The quantitative estimate of drug-likeness (QED) is 0.0736. The van der Waals surface area contributed by atoms with Crippen molar-refractivity contribution >= 4 is 42.4 Å². The van der Waals surface area contributed by atoms with Crippen molar-refractivity contribution in [3.63, 3.8) is 0 Å². The van der Waals surface area contributed by atoms with Crippen LogP contribution >= 0.6 is 11.6 Å². The molecule has 3 heterocycles. The second-order valence-electron chi connectivity index (χ2n) is 13.6. The molecule has 1 atom stereocenters. The number of hydrogen-bond acceptors (Lipinski definition) is 7. The number of pyridine rings is 1. The van der Waals surface area contributed by atoms with E-state index in [1.807, 2.05) is 41.1 Å². The lowest BCUT2D eigenvalue weighted by molar-refractivity contribution is 0.0598. The maximum Gasteiger partial charge on any atom is 0.341 e. The molecule has 1 fully saturated rings. The molecule has 1 saturated heterocycles. The van der Waals surface area contributed by atoms with E-state index in [1.54, 1.807) is 12.3 Å². The largest absolute Gasteiger partial charge is 0.465 e. The number of halogens is 1. The highest BCUT2D eigenvalue weighted by Gasteiger charge is 2.29. The Hall–Kier alpha value is -3.37. The number of ether oxygens (including phenoxy) is 3. The highest BCUT2D eigenvalue weighted by atomic mass is 35.5. The first kappa shape index (κ1) is 32.6. The van der Waals surface area contributed by atoms with Gasteiger partial charge in [0.1, 0.15) is 29.4 Å². The zero-order chi connectivity index (χ0) is 32.3. The number of hydrogen-bond donors (Lipinski definition) is 0. The lowest BCUT2D eigenvalue weighted by atomic mass is 9.97. The van der Waals surface area contributed by atoms with Crippen LogP contribution in [0.3, 0.4) is 0 Å². The summed E-state index contributed by atoms with van der Waals surface area (Å²) in [6, 6.07) is 17.6. The molecule has 1 unspecified atom stereocenters. The summed E-state index contributed by atoms with van der Waals surface area (Å²) in [5.74, 6) is 0.574. The maximum atomic E-state index is 12.7. The molecule has 1 aliphatic heterocycles. The molecule has 10 heteroatoms. The highest BCUT2D eigenvalue weighted by molar-refractivity contribution is 6.76. The average molecular weight is 661 g/mol. The van der Waals surface area contributed by atoms with E-state index in [0.717, 1.165) is 73.4 Å². The van der Waals surface area contributed by atoms with E-state index in [1.165, 1.54) is 31.1 Å². The third kappa shape index (κ3) is 7.44. The van der Waals surface area contributed by atoms with E-state index >= 15 is 0 Å². The van der Waals surface area contributed by atoms with Gasteiger partial charge in [-0.2, -0.15) is 0 Å². The molecule has 46 heavy (non-hydrogen) atoms. The highest BCUT2D eigenvalue weighted by Crippen LogP contribution is 2.38. The summed E-state index contributed by atoms with van der Waals surface area (Å²) < 4.78 is 19.4. The molecule has 0 N–H and O–H groups in total. The van der Waals surface area contributed by atoms with Crippen LogP contribution in [0.4, 0.5) is 5.69 Å². The van der Waals surface area contributed by atoms with Gasteiger partial charge in [-0.15, -0.1) is 0 Å². The molecule has 0 saturated carbocycles. The number of piperazine rings is 1. The van der Waals surface area contributed by atoms with Gasteiger partial charge < -0.3 is 23.7 Å². The van der Waals surface area contributed by atoms with E-state index < -0.39 is 14.0 Å². The second-order valence-corrected chi connectivity index (χ2v) is 19.6. The standard InChI is InChI=1S/C36H45ClN4O4Si/c1-43-36(42)31-13-12-27(39-16-18-40(19-17-39)33-11-6-5-8-29-30(33)9-7-10-32(29)37)23-34(31)45-28-22-26-14-15-41(35(26)38-24-28)25-44-20-21-46(2,3)4/h7,9-10,12-15,22-24,33H,5-6,8,11,16-21,25H2,1-4H3. The Morgan fingerprint density at radius 1 is 1.04 bits per heavy atom. The van der Waals surface area contributed by atoms with Crippen molar-refractivity contribution in [2.24, 2.45) is 0 Å². The molecular formula is C36H45ClN4O4Si. The summed E-state index contributed by atoms with van der Waals surface area (Å²) >= 11 is 6.63. The van der Waals surface area contributed by atoms with Gasteiger partial charge in [0.05, 0.1) is 13.3 Å². The monoisotopic (exact) mass is 660 g/mol. The van der Waals surface area contributed by atoms with Crippen molar-refractivity contribution in [1.82, 2.24) is 14.5 Å². The van der Waals surface area contributed by atoms with Crippen molar-refractivity contribution in [2.45, 2.75) is 64.1 Å². The Kier molecular flexibility index (Phi) is 10.0. The predicted octanol–water partition coefficient (Wildman–Crippen LogP) is 8.17. The summed E-state index contributed by atoms with van der Waals surface area (Å²) in [5.41, 5.74) is 4.95. The third-order valence-electron chi connectivity index (χ3n) is 9.19. The minimum atomic E-state index is -1.14. The molecule has 0 amide bonds. The Morgan fingerprint density at radius 2 is 1.87 bits per heavy atom. The van der Waals surface area contributed by atoms with E-state index in [4.69, 9.17) is 25.8 Å². The van der Waals surface area contributed by atoms with Crippen LogP contribution in [0.15, 0.2) is 60.9 Å². The van der Waals surface area contributed by atoms with Gasteiger partial charge in [0.2, 0.25) is 0 Å². The van der Waals surface area contributed by atoms with Crippen LogP contribution in [-0.4, -0.2) is 68.4 Å². The molecule has 0 bridgehead atoms. The lowest BCUT2D eigenvalue weighted by Crippen LogP contribution is -2.47. The molecule has 2 aromatic carbocycles. The van der Waals surface area contributed by atoms with E-state index in [2.05, 4.69) is 46.6 Å². The molecule has 6 rings (SSSR count). The number of fused-ring (bicyclic) bond motifs is 2. The number of esters is 1. The van der Waals surface area contributed by atoms with Crippen LogP contribution < -0.4 is 9.64 Å². The van der Waals surface area contributed by atoms with Crippen molar-refractivity contribution in [3.8, 4) is 11.5 Å². The van der Waals surface area contributed by atoms with Gasteiger partial charge in [-0.3, -0.25) is 4.90 Å². The first-order valence-electron chi connectivity index (χ1n) is 16.4. The fourth-order valence-corrected chi connectivity index (χ4v) is 7.61. The molecule has 0 radical (unpaired) electrons. The fourth-order valence-electron chi connectivity index (χ4n) is 6.57. The Morgan fingerprint density at radius 3 is 2.65 bits per heavy atom. The smallest absolute Gasteiger partial charge is 0.341 e. The summed E-state index contributed by atoms with van der Waals surface area (Å²) in [7, 11) is 0.246. The number of benzene rings is 2. The minimum Gasteiger partial charge on any atom is -0.465 e. The van der Waals surface area contributed by atoms with Crippen molar-refractivity contribution in [1.29, 1.82) is 0 Å². The summed E-state index contributed by atoms with van der Waals surface area (Å²) in [4.78, 5) is 22.4. The van der Waals surface area contributed by atoms with Crippen LogP contribution in [-0.2, 0) is 22.6 Å². The molecule has 8 nitrogen and oxygen atoms in total. The van der Waals surface area contributed by atoms with E-state index in [-0.39, 0.29) is 0 Å². The zero-order valence-electron chi connectivity index (χ0n) is 27.4. The van der Waals surface area contributed by atoms with Crippen LogP contribution in [0.25, 0.3) is 11.0 Å². The zero-order valence-corrected chi connectivity index (χ0v) is 29.2. The number of methoxy groups -OCH3 is 1. The van der Waals surface area contributed by atoms with Crippen molar-refractivity contribution in [2.75, 3.05) is 44.8 Å². The third-order valence-corrected chi connectivity index (χ3v) is 11.2. The summed E-state index contributed by atoms with van der Waals surface area (Å²) in [5, 5.41) is 1.84. The summed E-state index contributed by atoms with van der Waals surface area (Å²) in [6.45, 7) is 11.9. The second kappa shape index (κ2) is 14.2. The molecule has 2 aliphatic rings. The van der Waals surface area contributed by atoms with Gasteiger partial charge >= 0.3 is 5.97 Å². The van der Waals surface area contributed by atoms with Crippen molar-refractivity contribution in [3.05, 3.63) is 82.6 Å². The van der Waals surface area contributed by atoms with E-state index in [9.17, 15) is 4.79 Å². The summed E-state index contributed by atoms with van der Waals surface area (Å²) in [6.07, 6.45) is 8.30. The normalized spacial score (nSPS) is 17.5. The Balaban J connectivity index is 1.16. The topological polar surface area (TPSA) is 69.1 Å². The number of carbonyl (C=O) groups is 1. The van der Waals surface area contributed by atoms with E-state index in [0.29, 0.717) is 29.8 Å². The van der Waals surface area contributed by atoms with Gasteiger partial charge in [-0.1, -0.05) is 49.8 Å². The maximum absolute atomic E-state index is 12.7. The van der Waals surface area contributed by atoms with Crippen molar-refractivity contribution < 1.29 is 19.0 Å². The molecule has 244 valence electrons. The molecular weight excluding hydrogens is 616 g/mol. The van der Waals surface area contributed by atoms with Crippen LogP contribution in [0.5, 0.6) is 11.5 Å². The van der Waals surface area contributed by atoms with Gasteiger partial charge in [0.25, 0.3) is 0 Å². The Bertz CT molecular complexity index is 1680. The number of nitrogens with zero attached hydrogens (tertiary/aromatic N) is 4. The molecule has 1 aliphatic carbocycles. The minimum absolute atomic E-state index is 0.380. The van der Waals surface area contributed by atoms with Gasteiger partial charge in [0, 0.05) is 75.3 Å². The van der Waals surface area contributed by atoms with Gasteiger partial charge in [-0.05, 0) is 66.8 Å². The van der Waals surface area contributed by atoms with Gasteiger partial charge in [-0.25, -0.2) is 9.78 Å². The van der Waals surface area contributed by atoms with Gasteiger partial charge in [0.15, 0.2) is 0 Å². The predicted molar refractivity (Wildman–Crippen MR) is 187 cm³/mol. The SMILES string of the molecule is COC(=O)c1ccc(N2CCN(C3CCCCc4c(Cl)cccc43)CC2)cc1Oc1cnc2c(ccn2COCC[Si](C)(C)C)c1. The average Bonchev–Trinajstić information content (AvgIpc) is 3.31. The number of rotatable bonds is 10. The first-order valence-corrected chi connectivity index (χ1v) is 20.5. The Labute approximate surface area is 278 Å². The first-order chi connectivity index (χ1) is 22.2. The number of anilines is 1. The fraction of sp³-hybridized carbons (Fsp3) is 0.444. The lowest BCUT2D eigenvalue weighted by Gasteiger charge is -2.40.